The lowest BCUT2D eigenvalue weighted by Gasteiger charge is -2.32. The van der Waals surface area contributed by atoms with Crippen molar-refractivity contribution in [3.8, 4) is 0 Å². The summed E-state index contributed by atoms with van der Waals surface area (Å²) in [5, 5.41) is 17.3. The minimum Gasteiger partial charge on any atom is -0.387 e. The summed E-state index contributed by atoms with van der Waals surface area (Å²) in [5.41, 5.74) is -0.0625. The Morgan fingerprint density at radius 1 is 1.29 bits per heavy atom. The molecule has 1 unspecified atom stereocenters. The molecule has 3 rings (SSSR count). The SMILES string of the molecule is C=CC(=O)Nc1ccccc1CNc1nc(NC2CCCN(C(=O)CO)C2)ncc1C(F)(F)F. The highest BCUT2D eigenvalue weighted by molar-refractivity contribution is 5.99. The number of aliphatic hydroxyl groups is 1. The van der Waals surface area contributed by atoms with Gasteiger partial charge in [-0.3, -0.25) is 9.59 Å². The Balaban J connectivity index is 1.79. The van der Waals surface area contributed by atoms with Crippen LogP contribution in [0.5, 0.6) is 0 Å². The van der Waals surface area contributed by atoms with Crippen LogP contribution in [-0.4, -0.2) is 57.5 Å². The van der Waals surface area contributed by atoms with E-state index in [2.05, 4.69) is 32.5 Å². The zero-order valence-electron chi connectivity index (χ0n) is 18.2. The fourth-order valence-corrected chi connectivity index (χ4v) is 3.56. The molecule has 1 fully saturated rings. The fraction of sp³-hybridized carbons (Fsp3) is 0.364. The number of benzene rings is 1. The van der Waals surface area contributed by atoms with Crippen LogP contribution in [0.15, 0.2) is 43.1 Å². The number of rotatable bonds is 8. The van der Waals surface area contributed by atoms with Crippen LogP contribution < -0.4 is 16.0 Å². The molecule has 0 saturated carbocycles. The van der Waals surface area contributed by atoms with Gasteiger partial charge >= 0.3 is 6.18 Å². The third-order valence-corrected chi connectivity index (χ3v) is 5.24. The van der Waals surface area contributed by atoms with Crippen LogP contribution in [0, 0.1) is 0 Å². The largest absolute Gasteiger partial charge is 0.421 e. The van der Waals surface area contributed by atoms with E-state index in [0.29, 0.717) is 36.8 Å². The van der Waals surface area contributed by atoms with E-state index in [9.17, 15) is 22.8 Å². The van der Waals surface area contributed by atoms with E-state index < -0.39 is 36.0 Å². The summed E-state index contributed by atoms with van der Waals surface area (Å²) in [6.45, 7) is 3.51. The first-order valence-electron chi connectivity index (χ1n) is 10.6. The van der Waals surface area contributed by atoms with Gasteiger partial charge in [-0.05, 0) is 30.5 Å². The van der Waals surface area contributed by atoms with Crippen LogP contribution in [-0.2, 0) is 22.3 Å². The van der Waals surface area contributed by atoms with Gasteiger partial charge in [-0.15, -0.1) is 0 Å². The van der Waals surface area contributed by atoms with Crippen molar-refractivity contribution in [2.75, 3.05) is 35.6 Å². The fourth-order valence-electron chi connectivity index (χ4n) is 3.56. The Bertz CT molecular complexity index is 1050. The molecule has 9 nitrogen and oxygen atoms in total. The summed E-state index contributed by atoms with van der Waals surface area (Å²) in [6.07, 6.45) is -1.56. The van der Waals surface area contributed by atoms with Gasteiger partial charge in [-0.1, -0.05) is 24.8 Å². The lowest BCUT2D eigenvalue weighted by Crippen LogP contribution is -2.46. The van der Waals surface area contributed by atoms with Gasteiger partial charge in [0.25, 0.3) is 0 Å². The van der Waals surface area contributed by atoms with E-state index in [1.54, 1.807) is 24.3 Å². The van der Waals surface area contributed by atoms with Gasteiger partial charge in [0, 0.05) is 37.6 Å². The molecule has 12 heteroatoms. The number of carbonyl (C=O) groups excluding carboxylic acids is 2. The topological polar surface area (TPSA) is 119 Å². The van der Waals surface area contributed by atoms with Crippen LogP contribution in [0.3, 0.4) is 0 Å². The van der Waals surface area contributed by atoms with Crippen molar-refractivity contribution < 1.29 is 27.9 Å². The van der Waals surface area contributed by atoms with E-state index in [4.69, 9.17) is 5.11 Å². The Morgan fingerprint density at radius 3 is 2.76 bits per heavy atom. The molecule has 34 heavy (non-hydrogen) atoms. The van der Waals surface area contributed by atoms with Gasteiger partial charge in [-0.2, -0.15) is 18.2 Å². The van der Waals surface area contributed by atoms with Crippen molar-refractivity contribution in [3.05, 3.63) is 54.2 Å². The Labute approximate surface area is 194 Å². The van der Waals surface area contributed by atoms with Crippen LogP contribution >= 0.6 is 0 Å². The molecule has 1 atom stereocenters. The number of aromatic nitrogens is 2. The number of anilines is 3. The summed E-state index contributed by atoms with van der Waals surface area (Å²) >= 11 is 0. The summed E-state index contributed by atoms with van der Waals surface area (Å²) in [4.78, 5) is 32.7. The second-order valence-corrected chi connectivity index (χ2v) is 7.64. The molecule has 0 bridgehead atoms. The number of halogens is 3. The Kier molecular flexibility index (Phi) is 8.05. The molecule has 2 aromatic rings. The monoisotopic (exact) mass is 478 g/mol. The van der Waals surface area contributed by atoms with Crippen LogP contribution in [0.1, 0.15) is 24.0 Å². The minimum atomic E-state index is -4.69. The van der Waals surface area contributed by atoms with Crippen molar-refractivity contribution in [2.24, 2.45) is 0 Å². The molecule has 1 aliphatic heterocycles. The third-order valence-electron chi connectivity index (χ3n) is 5.24. The number of nitrogens with zero attached hydrogens (tertiary/aromatic N) is 3. The number of alkyl halides is 3. The highest BCUT2D eigenvalue weighted by Crippen LogP contribution is 2.34. The molecular weight excluding hydrogens is 453 g/mol. The maximum atomic E-state index is 13.6. The lowest BCUT2D eigenvalue weighted by molar-refractivity contribution is -0.137. The number of piperidine rings is 1. The van der Waals surface area contributed by atoms with E-state index in [0.717, 1.165) is 6.08 Å². The molecule has 182 valence electrons. The predicted molar refractivity (Wildman–Crippen MR) is 120 cm³/mol. The molecule has 0 radical (unpaired) electrons. The number of amides is 2. The van der Waals surface area contributed by atoms with Crippen molar-refractivity contribution in [1.29, 1.82) is 0 Å². The van der Waals surface area contributed by atoms with Crippen LogP contribution in [0.2, 0.25) is 0 Å². The van der Waals surface area contributed by atoms with Crippen molar-refractivity contribution in [3.63, 3.8) is 0 Å². The first kappa shape index (κ1) is 25.0. The molecule has 1 aromatic carbocycles. The maximum absolute atomic E-state index is 13.6. The number of nitrogens with one attached hydrogen (secondary N) is 3. The summed E-state index contributed by atoms with van der Waals surface area (Å²) in [7, 11) is 0. The van der Waals surface area contributed by atoms with Gasteiger partial charge in [0.05, 0.1) is 0 Å². The van der Waals surface area contributed by atoms with Gasteiger partial charge < -0.3 is 26.0 Å². The van der Waals surface area contributed by atoms with Crippen LogP contribution in [0.25, 0.3) is 0 Å². The third kappa shape index (κ3) is 6.44. The average Bonchev–Trinajstić information content (AvgIpc) is 2.82. The summed E-state index contributed by atoms with van der Waals surface area (Å²) in [6, 6.07) is 6.39. The molecular formula is C22H25F3N6O3. The van der Waals surface area contributed by atoms with Crippen LogP contribution in [0.4, 0.5) is 30.6 Å². The smallest absolute Gasteiger partial charge is 0.387 e. The zero-order chi connectivity index (χ0) is 24.7. The summed E-state index contributed by atoms with van der Waals surface area (Å²) in [5.74, 6) is -1.30. The molecule has 2 heterocycles. The quantitative estimate of drug-likeness (QED) is 0.431. The van der Waals surface area contributed by atoms with Gasteiger partial charge in [0.2, 0.25) is 17.8 Å². The lowest BCUT2D eigenvalue weighted by atomic mass is 10.1. The first-order valence-corrected chi connectivity index (χ1v) is 10.6. The van der Waals surface area contributed by atoms with Gasteiger partial charge in [0.15, 0.2) is 0 Å². The standard InChI is InChI=1S/C22H25F3N6O3/c1-2-18(33)29-17-8-4-3-6-14(17)10-26-20-16(22(23,24)25)11-27-21(30-20)28-15-7-5-9-31(12-15)19(34)13-32/h2-4,6,8,11,15,32H,1,5,7,9-10,12-13H2,(H,29,33)(H2,26,27,28,30). The Hall–Kier alpha value is -3.67. The zero-order valence-corrected chi connectivity index (χ0v) is 18.2. The van der Waals surface area contributed by atoms with E-state index >= 15 is 0 Å². The van der Waals surface area contributed by atoms with E-state index in [-0.39, 0.29) is 25.1 Å². The Morgan fingerprint density at radius 2 is 2.06 bits per heavy atom. The van der Waals surface area contributed by atoms with Gasteiger partial charge in [0.1, 0.15) is 18.0 Å². The number of aliphatic hydroxyl groups excluding tert-OH is 1. The van der Waals surface area contributed by atoms with Gasteiger partial charge in [-0.25, -0.2) is 4.98 Å². The number of para-hydroxylation sites is 1. The van der Waals surface area contributed by atoms with Crippen molar-refractivity contribution in [2.45, 2.75) is 31.6 Å². The molecule has 0 aliphatic carbocycles. The number of hydrogen-bond acceptors (Lipinski definition) is 7. The number of hydrogen-bond donors (Lipinski definition) is 4. The van der Waals surface area contributed by atoms with Crippen molar-refractivity contribution >= 4 is 29.3 Å². The molecule has 2 amide bonds. The second-order valence-electron chi connectivity index (χ2n) is 7.64. The van der Waals surface area contributed by atoms with E-state index in [1.165, 1.54) is 4.90 Å². The van der Waals surface area contributed by atoms with Crippen molar-refractivity contribution in [1.82, 2.24) is 14.9 Å². The highest BCUT2D eigenvalue weighted by atomic mass is 19.4. The molecule has 1 aromatic heterocycles. The predicted octanol–water partition coefficient (Wildman–Crippen LogP) is 2.63. The number of carbonyl (C=O) groups is 2. The number of likely N-dealkylation sites (tertiary alicyclic amines) is 1. The molecule has 4 N–H and O–H groups in total. The normalized spacial score (nSPS) is 16.0. The maximum Gasteiger partial charge on any atom is 0.421 e. The molecule has 1 aliphatic rings. The molecule has 0 spiro atoms. The minimum absolute atomic E-state index is 0.0213. The van der Waals surface area contributed by atoms with E-state index in [1.807, 2.05) is 0 Å². The second kappa shape index (κ2) is 11.0. The highest BCUT2D eigenvalue weighted by Gasteiger charge is 2.35. The molecule has 1 saturated heterocycles. The average molecular weight is 478 g/mol. The first-order chi connectivity index (χ1) is 16.2. The summed E-state index contributed by atoms with van der Waals surface area (Å²) < 4.78 is 40.7.